The molecule has 1 aromatic heterocycles. The van der Waals surface area contributed by atoms with Crippen LogP contribution in [0.25, 0.3) is 0 Å². The largest absolute Gasteiger partial charge is 0.480 e. The van der Waals surface area contributed by atoms with E-state index in [2.05, 4.69) is 5.10 Å². The molecule has 0 radical (unpaired) electrons. The van der Waals surface area contributed by atoms with E-state index in [1.807, 2.05) is 0 Å². The van der Waals surface area contributed by atoms with Gasteiger partial charge in [0.15, 0.2) is 5.82 Å². The average molecular weight is 143 g/mol. The van der Waals surface area contributed by atoms with Crippen molar-refractivity contribution in [1.82, 2.24) is 9.94 Å². The summed E-state index contributed by atoms with van der Waals surface area (Å²) in [5.41, 5.74) is 5.42. The maximum Gasteiger partial charge on any atom is 0.238 e. The molecule has 0 fully saturated rings. The molecule has 1 heterocycles. The second-order valence-electron chi connectivity index (χ2n) is 1.67. The van der Waals surface area contributed by atoms with Crippen LogP contribution in [0.15, 0.2) is 6.07 Å². The van der Waals surface area contributed by atoms with Crippen molar-refractivity contribution in [2.75, 3.05) is 20.0 Å². The van der Waals surface area contributed by atoms with E-state index in [0.717, 1.165) is 0 Å². The monoisotopic (exact) mass is 143 g/mol. The molecule has 56 valence electrons. The fraction of sp³-hybridized carbons (Fsp3) is 0.400. The van der Waals surface area contributed by atoms with Gasteiger partial charge in [0, 0.05) is 6.07 Å². The highest BCUT2D eigenvalue weighted by Gasteiger charge is 2.02. The van der Waals surface area contributed by atoms with Gasteiger partial charge in [-0.15, -0.1) is 0 Å². The van der Waals surface area contributed by atoms with Crippen LogP contribution in [0.1, 0.15) is 0 Å². The number of anilines is 1. The topological polar surface area (TPSA) is 62.3 Å². The molecule has 0 saturated heterocycles. The van der Waals surface area contributed by atoms with Gasteiger partial charge < -0.3 is 15.3 Å². The summed E-state index contributed by atoms with van der Waals surface area (Å²) in [5.74, 6) is 0.860. The Morgan fingerprint density at radius 3 is 2.60 bits per heavy atom. The molecule has 0 bridgehead atoms. The second kappa shape index (κ2) is 2.47. The Morgan fingerprint density at radius 2 is 2.30 bits per heavy atom. The second-order valence-corrected chi connectivity index (χ2v) is 1.67. The molecule has 0 atom stereocenters. The van der Waals surface area contributed by atoms with Crippen LogP contribution in [0.5, 0.6) is 5.88 Å². The Balaban J connectivity index is 2.92. The normalized spacial score (nSPS) is 9.40. The van der Waals surface area contributed by atoms with Crippen molar-refractivity contribution in [1.29, 1.82) is 0 Å². The highest BCUT2D eigenvalue weighted by atomic mass is 16.7. The van der Waals surface area contributed by atoms with E-state index in [0.29, 0.717) is 11.7 Å². The van der Waals surface area contributed by atoms with Gasteiger partial charge in [0.05, 0.1) is 7.11 Å². The van der Waals surface area contributed by atoms with E-state index in [1.54, 1.807) is 6.07 Å². The molecule has 0 aliphatic heterocycles. The molecule has 0 aliphatic rings. The lowest BCUT2D eigenvalue weighted by molar-refractivity contribution is 0.135. The molecule has 0 saturated carbocycles. The zero-order valence-corrected chi connectivity index (χ0v) is 5.87. The Morgan fingerprint density at radius 1 is 1.60 bits per heavy atom. The van der Waals surface area contributed by atoms with Crippen LogP contribution in [0.2, 0.25) is 0 Å². The number of ether oxygens (including phenoxy) is 1. The van der Waals surface area contributed by atoms with Gasteiger partial charge in [0.25, 0.3) is 0 Å². The molecule has 2 N–H and O–H groups in total. The van der Waals surface area contributed by atoms with Gasteiger partial charge >= 0.3 is 0 Å². The van der Waals surface area contributed by atoms with Crippen molar-refractivity contribution < 1.29 is 9.57 Å². The Labute approximate surface area is 58.3 Å². The van der Waals surface area contributed by atoms with Gasteiger partial charge in [0.2, 0.25) is 5.88 Å². The minimum atomic E-state index is 0.416. The Bertz CT molecular complexity index is 221. The predicted octanol–water partition coefficient (Wildman–Crippen LogP) is -0.468. The smallest absolute Gasteiger partial charge is 0.238 e. The van der Waals surface area contributed by atoms with E-state index >= 15 is 0 Å². The molecular formula is C5H9N3O2. The van der Waals surface area contributed by atoms with Crippen LogP contribution in [0.4, 0.5) is 5.82 Å². The highest BCUT2D eigenvalue weighted by molar-refractivity contribution is 5.32. The molecule has 0 spiro atoms. The number of aromatic nitrogens is 2. The highest BCUT2D eigenvalue weighted by Crippen LogP contribution is 2.10. The average Bonchev–Trinajstić information content (AvgIpc) is 2.30. The summed E-state index contributed by atoms with van der Waals surface area (Å²) in [6, 6.07) is 1.57. The van der Waals surface area contributed by atoms with Crippen LogP contribution in [-0.4, -0.2) is 24.2 Å². The van der Waals surface area contributed by atoms with Gasteiger partial charge in [-0.1, -0.05) is 9.94 Å². The molecule has 1 rings (SSSR count). The van der Waals surface area contributed by atoms with Crippen molar-refractivity contribution in [3.63, 3.8) is 0 Å². The maximum absolute atomic E-state index is 5.42. The lowest BCUT2D eigenvalue weighted by Crippen LogP contribution is -2.10. The SMILES string of the molecule is COc1cc(N)n(OC)n1. The van der Waals surface area contributed by atoms with Crippen LogP contribution in [0, 0.1) is 0 Å². The van der Waals surface area contributed by atoms with E-state index < -0.39 is 0 Å². The number of methoxy groups -OCH3 is 1. The molecule has 0 amide bonds. The summed E-state index contributed by atoms with van der Waals surface area (Å²) >= 11 is 0. The first-order valence-corrected chi connectivity index (χ1v) is 2.72. The molecule has 5 heteroatoms. The van der Waals surface area contributed by atoms with Crippen molar-refractivity contribution >= 4 is 5.82 Å². The number of nitrogen functional groups attached to an aromatic ring is 1. The number of rotatable bonds is 2. The Hall–Kier alpha value is -1.39. The van der Waals surface area contributed by atoms with E-state index in [4.69, 9.17) is 15.3 Å². The van der Waals surface area contributed by atoms with Crippen molar-refractivity contribution in [3.05, 3.63) is 6.07 Å². The van der Waals surface area contributed by atoms with Crippen LogP contribution in [-0.2, 0) is 0 Å². The van der Waals surface area contributed by atoms with Crippen LogP contribution in [0.3, 0.4) is 0 Å². The van der Waals surface area contributed by atoms with Crippen molar-refractivity contribution in [2.45, 2.75) is 0 Å². The third-order valence-electron chi connectivity index (χ3n) is 1.06. The van der Waals surface area contributed by atoms with Gasteiger partial charge in [0.1, 0.15) is 7.11 Å². The minimum absolute atomic E-state index is 0.416. The van der Waals surface area contributed by atoms with Gasteiger partial charge in [-0.3, -0.25) is 0 Å². The summed E-state index contributed by atoms with van der Waals surface area (Å²) in [7, 11) is 2.99. The molecule has 0 aliphatic carbocycles. The fourth-order valence-corrected chi connectivity index (χ4v) is 0.604. The third-order valence-corrected chi connectivity index (χ3v) is 1.06. The van der Waals surface area contributed by atoms with Crippen molar-refractivity contribution in [3.8, 4) is 5.88 Å². The van der Waals surface area contributed by atoms with E-state index in [1.165, 1.54) is 19.1 Å². The van der Waals surface area contributed by atoms with Gasteiger partial charge in [-0.05, 0) is 0 Å². The van der Waals surface area contributed by atoms with Gasteiger partial charge in [-0.25, -0.2) is 0 Å². The number of hydrogen-bond acceptors (Lipinski definition) is 4. The molecule has 5 nitrogen and oxygen atoms in total. The zero-order valence-electron chi connectivity index (χ0n) is 5.87. The number of nitrogens with zero attached hydrogens (tertiary/aromatic N) is 2. The minimum Gasteiger partial charge on any atom is -0.480 e. The first-order chi connectivity index (χ1) is 4.77. The Kier molecular flexibility index (Phi) is 1.66. The van der Waals surface area contributed by atoms with Gasteiger partial charge in [-0.2, -0.15) is 0 Å². The summed E-state index contributed by atoms with van der Waals surface area (Å²) in [5, 5.41) is 3.79. The maximum atomic E-state index is 5.42. The quantitative estimate of drug-likeness (QED) is 0.608. The summed E-state index contributed by atoms with van der Waals surface area (Å²) in [4.78, 5) is 5.91. The first kappa shape index (κ1) is 6.73. The third kappa shape index (κ3) is 0.975. The van der Waals surface area contributed by atoms with E-state index in [-0.39, 0.29) is 0 Å². The summed E-state index contributed by atoms with van der Waals surface area (Å²) in [6.45, 7) is 0. The summed E-state index contributed by atoms with van der Waals surface area (Å²) in [6.07, 6.45) is 0. The van der Waals surface area contributed by atoms with Crippen LogP contribution < -0.4 is 15.3 Å². The molecular weight excluding hydrogens is 134 g/mol. The van der Waals surface area contributed by atoms with E-state index in [9.17, 15) is 0 Å². The molecule has 0 aromatic carbocycles. The summed E-state index contributed by atoms with van der Waals surface area (Å²) < 4.78 is 4.79. The van der Waals surface area contributed by atoms with Crippen LogP contribution >= 0.6 is 0 Å². The predicted molar refractivity (Wildman–Crippen MR) is 35.7 cm³/mol. The first-order valence-electron chi connectivity index (χ1n) is 2.72. The number of hydrogen-bond donors (Lipinski definition) is 1. The standard InChI is InChI=1S/C5H9N3O2/c1-9-5-3-4(6)8(7-5)10-2/h3H,6H2,1-2H3. The zero-order chi connectivity index (χ0) is 7.56. The fourth-order valence-electron chi connectivity index (χ4n) is 0.604. The number of nitrogens with two attached hydrogens (primary N) is 1. The molecule has 0 unspecified atom stereocenters. The van der Waals surface area contributed by atoms with Crippen molar-refractivity contribution in [2.24, 2.45) is 0 Å². The lowest BCUT2D eigenvalue weighted by atomic mass is 10.6. The molecule has 10 heavy (non-hydrogen) atoms. The lowest BCUT2D eigenvalue weighted by Gasteiger charge is -1.96. The molecule has 1 aromatic rings.